The lowest BCUT2D eigenvalue weighted by molar-refractivity contribution is 0.766. The van der Waals surface area contributed by atoms with E-state index in [1.54, 1.807) is 0 Å². The van der Waals surface area contributed by atoms with E-state index in [1.807, 2.05) is 12.3 Å². The molecule has 2 unspecified atom stereocenters. The van der Waals surface area contributed by atoms with Crippen LogP contribution in [0, 0.1) is 0 Å². The summed E-state index contributed by atoms with van der Waals surface area (Å²) in [6.07, 6.45) is 6.56. The zero-order valence-corrected chi connectivity index (χ0v) is 30.7. The lowest BCUT2D eigenvalue weighted by atomic mass is 9.86. The monoisotopic (exact) mass is 715 g/mol. The molecule has 0 radical (unpaired) electrons. The first-order valence-corrected chi connectivity index (χ1v) is 19.4. The van der Waals surface area contributed by atoms with Gasteiger partial charge in [0.15, 0.2) is 0 Å². The number of dihydropyridines is 1. The summed E-state index contributed by atoms with van der Waals surface area (Å²) in [7, 11) is 0. The summed E-state index contributed by atoms with van der Waals surface area (Å²) in [6.45, 7) is 0. The van der Waals surface area contributed by atoms with Crippen LogP contribution in [0.2, 0.25) is 0 Å². The highest BCUT2D eigenvalue weighted by molar-refractivity contribution is 6.09. The lowest BCUT2D eigenvalue weighted by Crippen LogP contribution is -2.21. The molecule has 56 heavy (non-hydrogen) atoms. The number of benzene rings is 7. The Labute approximate surface area is 326 Å². The number of aromatic nitrogens is 2. The van der Waals surface area contributed by atoms with Crippen molar-refractivity contribution in [3.63, 3.8) is 0 Å². The first-order chi connectivity index (χ1) is 27.8. The molecule has 0 saturated carbocycles. The highest BCUT2D eigenvalue weighted by Gasteiger charge is 2.30. The van der Waals surface area contributed by atoms with Gasteiger partial charge in [-0.1, -0.05) is 152 Å². The van der Waals surface area contributed by atoms with E-state index in [4.69, 9.17) is 4.98 Å². The fraction of sp³-hybridized carbons (Fsp3) is 0.0377. The van der Waals surface area contributed by atoms with Gasteiger partial charge >= 0.3 is 0 Å². The summed E-state index contributed by atoms with van der Waals surface area (Å²) in [5.41, 5.74) is 18.2. The summed E-state index contributed by atoms with van der Waals surface area (Å²) in [4.78, 5) is 4.83. The van der Waals surface area contributed by atoms with Crippen molar-refractivity contribution in [2.45, 2.75) is 12.0 Å². The number of rotatable bonds is 6. The first kappa shape index (κ1) is 32.2. The lowest BCUT2D eigenvalue weighted by Gasteiger charge is -2.26. The number of nitrogens with zero attached hydrogens (tertiary/aromatic N) is 2. The SMILES string of the molecule is C1=C(c2cccc(C3c4ccccc4-c4cc(-c5ccc6c7cccnc7n(-c7ccccc7)c6c5)ccc43)c2)C=C(c2ccccc2)NC1c1ccccc1. The van der Waals surface area contributed by atoms with Gasteiger partial charge in [-0.15, -0.1) is 0 Å². The van der Waals surface area contributed by atoms with Gasteiger partial charge in [0.05, 0.1) is 11.6 Å². The molecule has 9 aromatic rings. The quantitative estimate of drug-likeness (QED) is 0.186. The highest BCUT2D eigenvalue weighted by Crippen LogP contribution is 2.49. The molecule has 3 nitrogen and oxygen atoms in total. The van der Waals surface area contributed by atoms with Crippen LogP contribution >= 0.6 is 0 Å². The van der Waals surface area contributed by atoms with E-state index in [0.717, 1.165) is 27.9 Å². The van der Waals surface area contributed by atoms with E-state index in [-0.39, 0.29) is 12.0 Å². The molecule has 1 N–H and O–H groups in total. The average molecular weight is 716 g/mol. The maximum atomic E-state index is 4.83. The molecular weight excluding hydrogens is 679 g/mol. The minimum Gasteiger partial charge on any atom is -0.374 e. The first-order valence-electron chi connectivity index (χ1n) is 19.4. The van der Waals surface area contributed by atoms with Gasteiger partial charge in [-0.2, -0.15) is 0 Å². The molecule has 3 heteroatoms. The molecule has 1 aliphatic heterocycles. The van der Waals surface area contributed by atoms with E-state index >= 15 is 0 Å². The van der Waals surface area contributed by atoms with E-state index in [2.05, 4.69) is 204 Å². The Kier molecular flexibility index (Phi) is 7.63. The molecule has 1 aliphatic carbocycles. The third kappa shape index (κ3) is 5.39. The van der Waals surface area contributed by atoms with Crippen molar-refractivity contribution >= 4 is 33.2 Å². The Bertz CT molecular complexity index is 2990. The molecule has 0 fully saturated rings. The van der Waals surface area contributed by atoms with Crippen LogP contribution in [0.1, 0.15) is 45.3 Å². The standard InChI is InChI=1S/C53H37N3/c1-4-14-35(15-5-1)49-32-41(33-50(55-49)36-16-6-2-7-17-36)37-18-12-19-40(30-37)52-45-23-11-10-22-43(45)48-31-38(26-28-46(48)52)39-25-27-44-47-24-13-29-54-53(47)56(51(44)34-39)42-20-8-3-9-21-42/h1-34,49,52,55H. The minimum atomic E-state index is 0.0610. The minimum absolute atomic E-state index is 0.0610. The second-order valence-electron chi connectivity index (χ2n) is 14.8. The fourth-order valence-corrected chi connectivity index (χ4v) is 8.94. The van der Waals surface area contributed by atoms with Gasteiger partial charge in [0, 0.05) is 34.3 Å². The molecule has 2 atom stereocenters. The van der Waals surface area contributed by atoms with E-state index in [0.29, 0.717) is 0 Å². The van der Waals surface area contributed by atoms with Crippen molar-refractivity contribution in [1.82, 2.24) is 14.9 Å². The van der Waals surface area contributed by atoms with Gasteiger partial charge in [-0.25, -0.2) is 4.98 Å². The van der Waals surface area contributed by atoms with Crippen molar-refractivity contribution in [1.29, 1.82) is 0 Å². The molecule has 7 aromatic carbocycles. The van der Waals surface area contributed by atoms with E-state index in [9.17, 15) is 0 Å². The van der Waals surface area contributed by atoms with Gasteiger partial charge in [0.1, 0.15) is 5.65 Å². The molecule has 2 aliphatic rings. The number of hydrogen-bond donors (Lipinski definition) is 1. The number of pyridine rings is 1. The van der Waals surface area contributed by atoms with Crippen LogP contribution in [0.5, 0.6) is 0 Å². The Hall–Kier alpha value is -7.23. The number of fused-ring (bicyclic) bond motifs is 6. The predicted molar refractivity (Wildman–Crippen MR) is 232 cm³/mol. The Morgan fingerprint density at radius 3 is 2.04 bits per heavy atom. The predicted octanol–water partition coefficient (Wildman–Crippen LogP) is 12.8. The van der Waals surface area contributed by atoms with Crippen LogP contribution < -0.4 is 5.32 Å². The number of para-hydroxylation sites is 1. The third-order valence-corrected chi connectivity index (χ3v) is 11.6. The van der Waals surface area contributed by atoms with Crippen molar-refractivity contribution < 1.29 is 0 Å². The third-order valence-electron chi connectivity index (χ3n) is 11.6. The maximum absolute atomic E-state index is 4.83. The van der Waals surface area contributed by atoms with Gasteiger partial charge < -0.3 is 5.32 Å². The smallest absolute Gasteiger partial charge is 0.145 e. The number of nitrogens with one attached hydrogen (secondary N) is 1. The van der Waals surface area contributed by atoms with Gasteiger partial charge in [-0.05, 0) is 110 Å². The number of hydrogen-bond acceptors (Lipinski definition) is 2. The fourth-order valence-electron chi connectivity index (χ4n) is 8.94. The van der Waals surface area contributed by atoms with Crippen LogP contribution in [0.15, 0.2) is 206 Å². The molecule has 3 heterocycles. The van der Waals surface area contributed by atoms with Crippen LogP contribution in [0.4, 0.5) is 0 Å². The van der Waals surface area contributed by atoms with E-state index in [1.165, 1.54) is 66.6 Å². The second kappa shape index (κ2) is 13.3. The zero-order chi connectivity index (χ0) is 37.0. The number of allylic oxidation sites excluding steroid dienone is 2. The van der Waals surface area contributed by atoms with Crippen molar-refractivity contribution in [2.24, 2.45) is 0 Å². The molecule has 0 saturated heterocycles. The summed E-state index contributed by atoms with van der Waals surface area (Å²) >= 11 is 0. The Morgan fingerprint density at radius 1 is 0.482 bits per heavy atom. The summed E-state index contributed by atoms with van der Waals surface area (Å²) < 4.78 is 2.29. The van der Waals surface area contributed by atoms with Crippen molar-refractivity contribution in [3.05, 3.63) is 240 Å². The van der Waals surface area contributed by atoms with Gasteiger partial charge in [-0.3, -0.25) is 4.57 Å². The normalized spacial score (nSPS) is 15.9. The summed E-state index contributed by atoms with van der Waals surface area (Å²) in [5, 5.41) is 6.17. The molecule has 0 amide bonds. The summed E-state index contributed by atoms with van der Waals surface area (Å²) in [6, 6.07) is 68.3. The van der Waals surface area contributed by atoms with Gasteiger partial charge in [0.25, 0.3) is 0 Å². The van der Waals surface area contributed by atoms with Crippen molar-refractivity contribution in [2.75, 3.05) is 0 Å². The van der Waals surface area contributed by atoms with Crippen LogP contribution in [0.25, 0.3) is 61.1 Å². The molecule has 2 aromatic heterocycles. The molecule has 264 valence electrons. The molecule has 11 rings (SSSR count). The zero-order valence-electron chi connectivity index (χ0n) is 30.7. The van der Waals surface area contributed by atoms with Crippen LogP contribution in [-0.4, -0.2) is 9.55 Å². The second-order valence-corrected chi connectivity index (χ2v) is 14.8. The Balaban J connectivity index is 1.01. The highest BCUT2D eigenvalue weighted by atomic mass is 15.0. The summed E-state index contributed by atoms with van der Waals surface area (Å²) in [5.74, 6) is 0.133. The van der Waals surface area contributed by atoms with Crippen LogP contribution in [-0.2, 0) is 0 Å². The average Bonchev–Trinajstić information content (AvgIpc) is 3.79. The van der Waals surface area contributed by atoms with Crippen molar-refractivity contribution in [3.8, 4) is 27.9 Å². The topological polar surface area (TPSA) is 29.9 Å². The molecular formula is C53H37N3. The molecule has 0 bridgehead atoms. The van der Waals surface area contributed by atoms with Gasteiger partial charge in [0.2, 0.25) is 0 Å². The Morgan fingerprint density at radius 2 is 1.18 bits per heavy atom. The maximum Gasteiger partial charge on any atom is 0.145 e. The largest absolute Gasteiger partial charge is 0.374 e. The van der Waals surface area contributed by atoms with E-state index < -0.39 is 0 Å². The van der Waals surface area contributed by atoms with Crippen LogP contribution in [0.3, 0.4) is 0 Å². The molecule has 0 spiro atoms.